The molecule has 5 heavy (non-hydrogen) atoms. The predicted octanol–water partition coefficient (Wildman–Crippen LogP) is -2.05. The number of hydrogen-bond donors (Lipinski definition) is 0. The van der Waals surface area contributed by atoms with E-state index in [-0.39, 0.29) is 74.0 Å². The average molecular weight is 177 g/mol. The van der Waals surface area contributed by atoms with Crippen molar-refractivity contribution in [2.24, 2.45) is 0 Å². The summed E-state index contributed by atoms with van der Waals surface area (Å²) in [5.74, 6) is 0. The molecule has 36 valence electrons. The van der Waals surface area contributed by atoms with Crippen molar-refractivity contribution in [2.45, 2.75) is 0 Å². The van der Waals surface area contributed by atoms with Gasteiger partial charge in [0.2, 0.25) is 0 Å². The van der Waals surface area contributed by atoms with Gasteiger partial charge in [0.15, 0.2) is 0 Å². The van der Waals surface area contributed by atoms with Crippen molar-refractivity contribution >= 4 is 54.7 Å². The Kier molecular flexibility index (Phi) is 729. The Morgan fingerprint density at radius 3 is 0.800 bits per heavy atom. The summed E-state index contributed by atoms with van der Waals surface area (Å²) in [6.45, 7) is 0. The van der Waals surface area contributed by atoms with Gasteiger partial charge >= 0.3 is 37.7 Å². The fourth-order valence-electron chi connectivity index (χ4n) is 0. The molecular formula is H9BrCaO3. The predicted molar refractivity (Wildman–Crippen MR) is 29.1 cm³/mol. The van der Waals surface area contributed by atoms with Gasteiger partial charge in [0.1, 0.15) is 0 Å². The van der Waals surface area contributed by atoms with Gasteiger partial charge in [0.25, 0.3) is 0 Å². The Morgan fingerprint density at radius 2 is 0.800 bits per heavy atom. The monoisotopic (exact) mass is 176 g/mol. The molecule has 3 nitrogen and oxygen atoms in total. The standard InChI is InChI=1S/BrH.Ca.3H2O.2H/h1H;;3*1H2;;/q;+2;;;;2*-1. The number of hydrogen-bond acceptors (Lipinski definition) is 0. The Bertz CT molecular complexity index is 12.9. The van der Waals surface area contributed by atoms with E-state index in [0.29, 0.717) is 0 Å². The molecule has 0 aromatic carbocycles. The molecule has 0 fully saturated rings. The van der Waals surface area contributed by atoms with Crippen molar-refractivity contribution < 1.29 is 19.3 Å². The third-order valence-electron chi connectivity index (χ3n) is 0. The zero-order valence-corrected chi connectivity index (χ0v) is 6.54. The molecule has 0 saturated heterocycles. The first-order valence-corrected chi connectivity index (χ1v) is 0. The minimum Gasteiger partial charge on any atom is -1.00 e. The zero-order valence-electron chi connectivity index (χ0n) is 4.62. The summed E-state index contributed by atoms with van der Waals surface area (Å²) in [6, 6.07) is 0. The van der Waals surface area contributed by atoms with E-state index in [2.05, 4.69) is 0 Å². The Balaban J connectivity index is 0. The maximum Gasteiger partial charge on any atom is 2.00 e. The summed E-state index contributed by atoms with van der Waals surface area (Å²) in [4.78, 5) is 0. The van der Waals surface area contributed by atoms with Crippen LogP contribution in [0.3, 0.4) is 0 Å². The van der Waals surface area contributed by atoms with E-state index in [1.165, 1.54) is 0 Å². The molecule has 0 aliphatic carbocycles. The Morgan fingerprint density at radius 1 is 0.800 bits per heavy atom. The van der Waals surface area contributed by atoms with E-state index in [1.807, 2.05) is 0 Å². The Hall–Kier alpha value is 1.62. The summed E-state index contributed by atoms with van der Waals surface area (Å²) in [5, 5.41) is 0. The third-order valence-corrected chi connectivity index (χ3v) is 0. The van der Waals surface area contributed by atoms with Crippen molar-refractivity contribution in [3.05, 3.63) is 0 Å². The number of rotatable bonds is 0. The summed E-state index contributed by atoms with van der Waals surface area (Å²) in [7, 11) is 0. The molecule has 0 aromatic rings. The first-order chi connectivity index (χ1) is 0. The first-order valence-electron chi connectivity index (χ1n) is 0. The maximum absolute atomic E-state index is 0. The first kappa shape index (κ1) is 79.7. The van der Waals surface area contributed by atoms with Crippen LogP contribution in [0.2, 0.25) is 0 Å². The summed E-state index contributed by atoms with van der Waals surface area (Å²) in [5.41, 5.74) is 0. The molecule has 0 spiro atoms. The minimum atomic E-state index is 0. The van der Waals surface area contributed by atoms with Gasteiger partial charge in [-0.2, -0.15) is 0 Å². The van der Waals surface area contributed by atoms with Gasteiger partial charge in [-0.05, 0) is 0 Å². The smallest absolute Gasteiger partial charge is 1.00 e. The molecule has 0 rings (SSSR count). The minimum absolute atomic E-state index is 0. The van der Waals surface area contributed by atoms with Crippen LogP contribution in [-0.2, 0) is 0 Å². The van der Waals surface area contributed by atoms with Gasteiger partial charge in [0.05, 0.1) is 0 Å². The third kappa shape index (κ3) is 28.1. The van der Waals surface area contributed by atoms with E-state index in [1.54, 1.807) is 0 Å². The molecule has 0 aliphatic rings. The largest absolute Gasteiger partial charge is 2.00 e. The molecule has 0 heterocycles. The van der Waals surface area contributed by atoms with Crippen LogP contribution in [-0.4, -0.2) is 54.2 Å². The van der Waals surface area contributed by atoms with Crippen LogP contribution in [0.1, 0.15) is 2.85 Å². The van der Waals surface area contributed by atoms with Crippen molar-refractivity contribution in [2.75, 3.05) is 0 Å². The fraction of sp³-hybridized carbons (Fsp3) is 0. The summed E-state index contributed by atoms with van der Waals surface area (Å²) >= 11 is 0. The van der Waals surface area contributed by atoms with Crippen LogP contribution in [0.15, 0.2) is 0 Å². The molecule has 0 amide bonds. The Labute approximate surface area is 73.4 Å². The van der Waals surface area contributed by atoms with Gasteiger partial charge in [-0.15, -0.1) is 17.0 Å². The molecule has 0 aromatic heterocycles. The molecule has 0 aliphatic heterocycles. The average Bonchev–Trinajstić information content (AvgIpc) is 0. The molecule has 0 unspecified atom stereocenters. The van der Waals surface area contributed by atoms with Crippen LogP contribution in [0, 0.1) is 0 Å². The van der Waals surface area contributed by atoms with Crippen molar-refractivity contribution in [3.63, 3.8) is 0 Å². The topological polar surface area (TPSA) is 94.5 Å². The quantitative estimate of drug-likeness (QED) is 0.380. The van der Waals surface area contributed by atoms with Gasteiger partial charge < -0.3 is 19.3 Å². The SMILES string of the molecule is Br.O.O.O.[Ca+2].[H-].[H-]. The second kappa shape index (κ2) is 45.7. The molecular weight excluding hydrogens is 168 g/mol. The van der Waals surface area contributed by atoms with Crippen LogP contribution in [0.25, 0.3) is 0 Å². The molecule has 0 radical (unpaired) electrons. The van der Waals surface area contributed by atoms with E-state index in [0.717, 1.165) is 0 Å². The van der Waals surface area contributed by atoms with Crippen LogP contribution < -0.4 is 0 Å². The summed E-state index contributed by atoms with van der Waals surface area (Å²) in [6.07, 6.45) is 0. The van der Waals surface area contributed by atoms with Gasteiger partial charge in [-0.3, -0.25) is 0 Å². The molecule has 0 atom stereocenters. The zero-order chi connectivity index (χ0) is 0. The van der Waals surface area contributed by atoms with Crippen LogP contribution in [0.4, 0.5) is 0 Å². The molecule has 5 heteroatoms. The van der Waals surface area contributed by atoms with Crippen molar-refractivity contribution in [3.8, 4) is 0 Å². The maximum atomic E-state index is 0. The normalized spacial score (nSPS) is 0. The van der Waals surface area contributed by atoms with E-state index in [9.17, 15) is 0 Å². The second-order valence-electron chi connectivity index (χ2n) is 0. The van der Waals surface area contributed by atoms with E-state index >= 15 is 0 Å². The number of halogens is 1. The van der Waals surface area contributed by atoms with Gasteiger partial charge in [-0.25, -0.2) is 0 Å². The van der Waals surface area contributed by atoms with Crippen molar-refractivity contribution in [1.29, 1.82) is 0 Å². The van der Waals surface area contributed by atoms with Crippen molar-refractivity contribution in [1.82, 2.24) is 0 Å². The second-order valence-corrected chi connectivity index (χ2v) is 0. The molecule has 6 N–H and O–H groups in total. The van der Waals surface area contributed by atoms with Crippen LogP contribution in [0.5, 0.6) is 0 Å². The summed E-state index contributed by atoms with van der Waals surface area (Å²) < 4.78 is 0. The van der Waals surface area contributed by atoms with Gasteiger partial charge in [0, 0.05) is 0 Å². The van der Waals surface area contributed by atoms with E-state index in [4.69, 9.17) is 0 Å². The molecule has 0 bridgehead atoms. The van der Waals surface area contributed by atoms with Gasteiger partial charge in [-0.1, -0.05) is 0 Å². The fourth-order valence-corrected chi connectivity index (χ4v) is 0. The molecule has 0 saturated carbocycles. The van der Waals surface area contributed by atoms with Crippen LogP contribution >= 0.6 is 17.0 Å². The van der Waals surface area contributed by atoms with E-state index < -0.39 is 0 Å².